The van der Waals surface area contributed by atoms with E-state index in [2.05, 4.69) is 0 Å². The second kappa shape index (κ2) is 8.20. The summed E-state index contributed by atoms with van der Waals surface area (Å²) in [4.78, 5) is 25.7. The second-order valence-corrected chi connectivity index (χ2v) is 5.90. The summed E-state index contributed by atoms with van der Waals surface area (Å²) in [6, 6.07) is 3.07. The number of benzene rings is 1. The lowest BCUT2D eigenvalue weighted by Crippen LogP contribution is -2.45. The monoisotopic (exact) mass is 351 g/mol. The van der Waals surface area contributed by atoms with Crippen molar-refractivity contribution in [3.8, 4) is 11.5 Å². The number of rotatable bonds is 7. The van der Waals surface area contributed by atoms with E-state index in [0.29, 0.717) is 31.1 Å². The summed E-state index contributed by atoms with van der Waals surface area (Å²) in [5.41, 5.74) is 1.75. The number of carbonyl (C=O) groups is 2. The summed E-state index contributed by atoms with van der Waals surface area (Å²) < 4.78 is 16.1. The highest BCUT2D eigenvalue weighted by Crippen LogP contribution is 2.39. The third kappa shape index (κ3) is 4.04. The fraction of sp³-hybridized carbons (Fsp3) is 0.556. The van der Waals surface area contributed by atoms with Crippen molar-refractivity contribution < 1.29 is 28.9 Å². The molecular weight excluding hydrogens is 326 g/mol. The number of nitrogens with zero attached hydrogens (tertiary/aromatic N) is 1. The lowest BCUT2D eigenvalue weighted by atomic mass is 9.89. The van der Waals surface area contributed by atoms with Crippen molar-refractivity contribution in [1.29, 1.82) is 0 Å². The van der Waals surface area contributed by atoms with E-state index in [9.17, 15) is 14.7 Å². The Morgan fingerprint density at radius 2 is 1.92 bits per heavy atom. The molecule has 0 radical (unpaired) electrons. The summed E-state index contributed by atoms with van der Waals surface area (Å²) in [6.45, 7) is 4.37. The molecule has 0 bridgehead atoms. The van der Waals surface area contributed by atoms with Gasteiger partial charge in [0.2, 0.25) is 0 Å². The van der Waals surface area contributed by atoms with Gasteiger partial charge in [-0.15, -0.1) is 0 Å². The van der Waals surface area contributed by atoms with Gasteiger partial charge in [0, 0.05) is 13.2 Å². The molecule has 1 aliphatic heterocycles. The average molecular weight is 351 g/mol. The number of hydrogen-bond acceptors (Lipinski definition) is 5. The lowest BCUT2D eigenvalue weighted by molar-refractivity contribution is -0.148. The van der Waals surface area contributed by atoms with Crippen LogP contribution in [0.1, 0.15) is 37.4 Å². The number of carboxylic acid groups (broad SMARTS) is 1. The first-order chi connectivity index (χ1) is 11.9. The Morgan fingerprint density at radius 3 is 2.48 bits per heavy atom. The van der Waals surface area contributed by atoms with E-state index < -0.39 is 18.1 Å². The van der Waals surface area contributed by atoms with E-state index in [1.54, 1.807) is 25.0 Å². The van der Waals surface area contributed by atoms with E-state index in [0.717, 1.165) is 11.1 Å². The molecule has 1 aliphatic rings. The number of hydrogen-bond donors (Lipinski definition) is 1. The third-order valence-electron chi connectivity index (χ3n) is 4.42. The molecule has 1 aromatic carbocycles. The van der Waals surface area contributed by atoms with Crippen LogP contribution in [-0.4, -0.2) is 55.4 Å². The molecular formula is C18H25NO6. The van der Waals surface area contributed by atoms with Crippen LogP contribution in [0.4, 0.5) is 0 Å². The smallest absolute Gasteiger partial charge is 0.305 e. The fourth-order valence-electron chi connectivity index (χ4n) is 3.23. The number of methoxy groups -OCH3 is 2. The highest BCUT2D eigenvalue weighted by molar-refractivity contribution is 5.82. The van der Waals surface area contributed by atoms with Crippen LogP contribution in [0.2, 0.25) is 0 Å². The number of aliphatic carboxylic acids is 1. The standard InChI is InChI=1S/C18H25NO6/c1-5-25-11(2)18(22)19-7-6-12-8-15(23-3)16(24-4)9-13(12)14(19)10-17(20)21/h8-9,11,14H,5-7,10H2,1-4H3,(H,20,21). The normalized spacial score (nSPS) is 17.6. The first-order valence-electron chi connectivity index (χ1n) is 8.31. The minimum Gasteiger partial charge on any atom is -0.493 e. The Kier molecular flexibility index (Phi) is 6.25. The molecule has 25 heavy (non-hydrogen) atoms. The number of carbonyl (C=O) groups excluding carboxylic acids is 1. The van der Waals surface area contributed by atoms with Gasteiger partial charge < -0.3 is 24.2 Å². The van der Waals surface area contributed by atoms with Crippen LogP contribution in [0.15, 0.2) is 12.1 Å². The van der Waals surface area contributed by atoms with Crippen molar-refractivity contribution in [2.24, 2.45) is 0 Å². The number of carboxylic acids is 1. The molecule has 2 atom stereocenters. The first-order valence-corrected chi connectivity index (χ1v) is 8.31. The van der Waals surface area contributed by atoms with Crippen LogP contribution in [0.25, 0.3) is 0 Å². The molecule has 0 aliphatic carbocycles. The Hall–Kier alpha value is -2.28. The first kappa shape index (κ1) is 19.1. The SMILES string of the molecule is CCOC(C)C(=O)N1CCc2cc(OC)c(OC)cc2C1CC(=O)O. The maximum atomic E-state index is 12.7. The Labute approximate surface area is 147 Å². The number of amides is 1. The molecule has 7 nitrogen and oxygen atoms in total. The maximum Gasteiger partial charge on any atom is 0.305 e. The van der Waals surface area contributed by atoms with E-state index >= 15 is 0 Å². The van der Waals surface area contributed by atoms with Crippen LogP contribution in [0, 0.1) is 0 Å². The topological polar surface area (TPSA) is 85.3 Å². The summed E-state index contributed by atoms with van der Waals surface area (Å²) in [5, 5.41) is 9.33. The Morgan fingerprint density at radius 1 is 1.28 bits per heavy atom. The maximum absolute atomic E-state index is 12.7. The molecule has 7 heteroatoms. The van der Waals surface area contributed by atoms with Crippen LogP contribution >= 0.6 is 0 Å². The lowest BCUT2D eigenvalue weighted by Gasteiger charge is -2.38. The molecule has 0 aromatic heterocycles. The summed E-state index contributed by atoms with van der Waals surface area (Å²) in [6.07, 6.45) is -0.160. The van der Waals surface area contributed by atoms with Gasteiger partial charge in [-0.3, -0.25) is 9.59 Å². The zero-order chi connectivity index (χ0) is 18.6. The molecule has 1 aromatic rings. The number of ether oxygens (including phenoxy) is 3. The summed E-state index contributed by atoms with van der Waals surface area (Å²) in [5.74, 6) is -0.0513. The van der Waals surface area contributed by atoms with Crippen molar-refractivity contribution in [3.05, 3.63) is 23.3 Å². The van der Waals surface area contributed by atoms with Crippen LogP contribution in [0.3, 0.4) is 0 Å². The summed E-state index contributed by atoms with van der Waals surface area (Å²) in [7, 11) is 3.08. The quantitative estimate of drug-likeness (QED) is 0.809. The molecule has 2 unspecified atom stereocenters. The van der Waals surface area contributed by atoms with Crippen molar-refractivity contribution in [2.45, 2.75) is 38.8 Å². The fourth-order valence-corrected chi connectivity index (χ4v) is 3.23. The highest BCUT2D eigenvalue weighted by Gasteiger charge is 2.35. The van der Waals surface area contributed by atoms with Gasteiger partial charge in [0.25, 0.3) is 5.91 Å². The summed E-state index contributed by atoms with van der Waals surface area (Å²) >= 11 is 0. The van der Waals surface area contributed by atoms with Crippen molar-refractivity contribution >= 4 is 11.9 Å². The van der Waals surface area contributed by atoms with E-state index in [1.165, 1.54) is 7.11 Å². The van der Waals surface area contributed by atoms with Gasteiger partial charge in [0.05, 0.1) is 26.7 Å². The molecule has 0 fully saturated rings. The number of fused-ring (bicyclic) bond motifs is 1. The molecule has 0 saturated heterocycles. The minimum atomic E-state index is -0.963. The zero-order valence-electron chi connectivity index (χ0n) is 15.1. The molecule has 1 amide bonds. The predicted octanol–water partition coefficient (Wildman–Crippen LogP) is 2.03. The third-order valence-corrected chi connectivity index (χ3v) is 4.42. The van der Waals surface area contributed by atoms with Crippen LogP contribution in [0.5, 0.6) is 11.5 Å². The van der Waals surface area contributed by atoms with Crippen molar-refractivity contribution in [1.82, 2.24) is 4.90 Å². The van der Waals surface area contributed by atoms with E-state index in [4.69, 9.17) is 14.2 Å². The zero-order valence-corrected chi connectivity index (χ0v) is 15.1. The molecule has 1 N–H and O–H groups in total. The average Bonchev–Trinajstić information content (AvgIpc) is 2.60. The minimum absolute atomic E-state index is 0.174. The Bertz CT molecular complexity index is 645. The van der Waals surface area contributed by atoms with Gasteiger partial charge in [0.15, 0.2) is 11.5 Å². The van der Waals surface area contributed by atoms with Crippen molar-refractivity contribution in [3.63, 3.8) is 0 Å². The van der Waals surface area contributed by atoms with Gasteiger partial charge in [-0.25, -0.2) is 0 Å². The van der Waals surface area contributed by atoms with E-state index in [-0.39, 0.29) is 12.3 Å². The molecule has 2 rings (SSSR count). The van der Waals surface area contributed by atoms with Crippen molar-refractivity contribution in [2.75, 3.05) is 27.4 Å². The highest BCUT2D eigenvalue weighted by atomic mass is 16.5. The largest absolute Gasteiger partial charge is 0.493 e. The van der Waals surface area contributed by atoms with Gasteiger partial charge >= 0.3 is 5.97 Å². The molecule has 0 spiro atoms. The predicted molar refractivity (Wildman–Crippen MR) is 91.0 cm³/mol. The van der Waals surface area contributed by atoms with Crippen LogP contribution < -0.4 is 9.47 Å². The van der Waals surface area contributed by atoms with Gasteiger partial charge in [-0.05, 0) is 43.5 Å². The van der Waals surface area contributed by atoms with Gasteiger partial charge in [-0.2, -0.15) is 0 Å². The van der Waals surface area contributed by atoms with Gasteiger partial charge in [0.1, 0.15) is 6.10 Å². The second-order valence-electron chi connectivity index (χ2n) is 5.90. The van der Waals surface area contributed by atoms with Gasteiger partial charge in [-0.1, -0.05) is 0 Å². The van der Waals surface area contributed by atoms with Crippen LogP contribution in [-0.2, 0) is 20.7 Å². The Balaban J connectivity index is 2.43. The molecule has 0 saturated carbocycles. The molecule has 138 valence electrons. The van der Waals surface area contributed by atoms with E-state index in [1.807, 2.05) is 13.0 Å². The molecule has 1 heterocycles.